The smallest absolute Gasteiger partial charge is 0.303 e. The largest absolute Gasteiger partial charge is 0.481 e. The summed E-state index contributed by atoms with van der Waals surface area (Å²) in [5, 5.41) is 8.98. The predicted molar refractivity (Wildman–Crippen MR) is 58.4 cm³/mol. The van der Waals surface area contributed by atoms with E-state index in [1.165, 1.54) is 12.8 Å². The summed E-state index contributed by atoms with van der Waals surface area (Å²) in [6.45, 7) is 5.12. The van der Waals surface area contributed by atoms with Crippen LogP contribution in [0.5, 0.6) is 0 Å². The molecule has 0 aromatic carbocycles. The second-order valence-corrected chi connectivity index (χ2v) is 6.25. The first kappa shape index (κ1) is 10.9. The van der Waals surface area contributed by atoms with Crippen molar-refractivity contribution in [2.75, 3.05) is 6.54 Å². The lowest BCUT2D eigenvalue weighted by Gasteiger charge is -2.52. The molecule has 0 unspecified atom stereocenters. The van der Waals surface area contributed by atoms with Crippen molar-refractivity contribution in [2.45, 2.75) is 46.0 Å². The van der Waals surface area contributed by atoms with Crippen molar-refractivity contribution in [2.24, 2.45) is 22.0 Å². The Morgan fingerprint density at radius 1 is 1.27 bits per heavy atom. The Kier molecular flexibility index (Phi) is 2.16. The molecule has 2 aliphatic rings. The zero-order chi connectivity index (χ0) is 11.3. The number of fused-ring (bicyclic) bond motifs is 1. The molecule has 3 nitrogen and oxygen atoms in total. The van der Waals surface area contributed by atoms with Gasteiger partial charge in [-0.25, -0.2) is 0 Å². The van der Waals surface area contributed by atoms with Gasteiger partial charge in [0, 0.05) is 0 Å². The summed E-state index contributed by atoms with van der Waals surface area (Å²) in [6, 6.07) is 0. The second kappa shape index (κ2) is 2.97. The van der Waals surface area contributed by atoms with Gasteiger partial charge in [0.2, 0.25) is 0 Å². The van der Waals surface area contributed by atoms with E-state index in [4.69, 9.17) is 10.8 Å². The van der Waals surface area contributed by atoms with E-state index in [1.54, 1.807) is 0 Å². The molecular weight excluding hydrogens is 190 g/mol. The SMILES string of the molecule is C[C@@]12CC[C@]1(C)C[C@](CN)(CC(=O)O)C2. The Morgan fingerprint density at radius 2 is 1.73 bits per heavy atom. The topological polar surface area (TPSA) is 63.3 Å². The van der Waals surface area contributed by atoms with Crippen molar-refractivity contribution in [3.63, 3.8) is 0 Å². The molecule has 2 rings (SSSR count). The summed E-state index contributed by atoms with van der Waals surface area (Å²) in [5.74, 6) is -0.700. The normalized spacial score (nSPS) is 48.5. The van der Waals surface area contributed by atoms with Gasteiger partial charge in [0.15, 0.2) is 0 Å². The van der Waals surface area contributed by atoms with E-state index >= 15 is 0 Å². The van der Waals surface area contributed by atoms with E-state index in [1.807, 2.05) is 0 Å². The van der Waals surface area contributed by atoms with Crippen molar-refractivity contribution in [3.8, 4) is 0 Å². The molecule has 0 aromatic rings. The molecule has 0 bridgehead atoms. The van der Waals surface area contributed by atoms with E-state index in [0.29, 0.717) is 17.4 Å². The highest BCUT2D eigenvalue weighted by Gasteiger charge is 2.63. The molecule has 3 heteroatoms. The summed E-state index contributed by atoms with van der Waals surface area (Å²) >= 11 is 0. The highest BCUT2D eigenvalue weighted by molar-refractivity contribution is 5.68. The van der Waals surface area contributed by atoms with Gasteiger partial charge in [-0.2, -0.15) is 0 Å². The lowest BCUT2D eigenvalue weighted by atomic mass is 9.53. The number of nitrogens with two attached hydrogens (primary N) is 1. The summed E-state index contributed by atoms with van der Waals surface area (Å²) in [4.78, 5) is 10.9. The van der Waals surface area contributed by atoms with Gasteiger partial charge in [-0.1, -0.05) is 13.8 Å². The second-order valence-electron chi connectivity index (χ2n) is 6.25. The third kappa shape index (κ3) is 1.40. The standard InChI is InChI=1S/C12H21NO2/c1-10-3-4-11(10,2)7-12(6-10,8-13)5-9(14)15/h3-8,13H2,1-2H3,(H,14,15)/t10-,11+,12-. The number of rotatable bonds is 3. The van der Waals surface area contributed by atoms with Crippen LogP contribution in [-0.4, -0.2) is 17.6 Å². The van der Waals surface area contributed by atoms with Gasteiger partial charge in [0.25, 0.3) is 0 Å². The van der Waals surface area contributed by atoms with E-state index in [0.717, 1.165) is 12.8 Å². The fraction of sp³-hybridized carbons (Fsp3) is 0.917. The zero-order valence-corrected chi connectivity index (χ0v) is 9.68. The average molecular weight is 211 g/mol. The average Bonchev–Trinajstić information content (AvgIpc) is 2.26. The van der Waals surface area contributed by atoms with Crippen LogP contribution in [0.15, 0.2) is 0 Å². The Morgan fingerprint density at radius 3 is 2.00 bits per heavy atom. The number of carbonyl (C=O) groups is 1. The Bertz CT molecular complexity index is 284. The summed E-state index contributed by atoms with van der Waals surface area (Å²) < 4.78 is 0. The van der Waals surface area contributed by atoms with Crippen LogP contribution in [-0.2, 0) is 4.79 Å². The summed E-state index contributed by atoms with van der Waals surface area (Å²) in [7, 11) is 0. The molecular formula is C12H21NO2. The third-order valence-electron chi connectivity index (χ3n) is 5.18. The van der Waals surface area contributed by atoms with E-state index in [2.05, 4.69) is 13.8 Å². The first-order valence-corrected chi connectivity index (χ1v) is 5.77. The Balaban J connectivity index is 2.21. The molecule has 0 radical (unpaired) electrons. The Labute approximate surface area is 91.0 Å². The van der Waals surface area contributed by atoms with Crippen molar-refractivity contribution in [1.82, 2.24) is 0 Å². The van der Waals surface area contributed by atoms with Gasteiger partial charge in [-0.05, 0) is 48.5 Å². The van der Waals surface area contributed by atoms with Crippen molar-refractivity contribution in [3.05, 3.63) is 0 Å². The molecule has 0 aromatic heterocycles. The minimum Gasteiger partial charge on any atom is -0.481 e. The van der Waals surface area contributed by atoms with E-state index in [9.17, 15) is 4.79 Å². The third-order valence-corrected chi connectivity index (χ3v) is 5.18. The van der Waals surface area contributed by atoms with Crippen molar-refractivity contribution < 1.29 is 9.90 Å². The maximum Gasteiger partial charge on any atom is 0.303 e. The maximum absolute atomic E-state index is 10.9. The molecule has 2 aliphatic carbocycles. The van der Waals surface area contributed by atoms with Crippen molar-refractivity contribution >= 4 is 5.97 Å². The van der Waals surface area contributed by atoms with Crippen LogP contribution in [0.3, 0.4) is 0 Å². The van der Waals surface area contributed by atoms with Gasteiger partial charge in [-0.15, -0.1) is 0 Å². The number of hydrogen-bond donors (Lipinski definition) is 2. The molecule has 15 heavy (non-hydrogen) atoms. The molecule has 3 N–H and O–H groups in total. The Hall–Kier alpha value is -0.570. The van der Waals surface area contributed by atoms with Gasteiger partial charge in [0.05, 0.1) is 6.42 Å². The highest BCUT2D eigenvalue weighted by Crippen LogP contribution is 2.71. The molecule has 0 heterocycles. The lowest BCUT2D eigenvalue weighted by molar-refractivity contribution is -0.139. The van der Waals surface area contributed by atoms with E-state index < -0.39 is 5.97 Å². The van der Waals surface area contributed by atoms with Crippen LogP contribution >= 0.6 is 0 Å². The first-order chi connectivity index (χ1) is 6.85. The van der Waals surface area contributed by atoms with Gasteiger partial charge in [0.1, 0.15) is 0 Å². The quantitative estimate of drug-likeness (QED) is 0.750. The van der Waals surface area contributed by atoms with Crippen LogP contribution in [0.2, 0.25) is 0 Å². The van der Waals surface area contributed by atoms with Gasteiger partial charge >= 0.3 is 5.97 Å². The van der Waals surface area contributed by atoms with Crippen LogP contribution in [0.25, 0.3) is 0 Å². The first-order valence-electron chi connectivity index (χ1n) is 5.77. The fourth-order valence-electron chi connectivity index (χ4n) is 3.96. The van der Waals surface area contributed by atoms with Crippen molar-refractivity contribution in [1.29, 1.82) is 0 Å². The highest BCUT2D eigenvalue weighted by atomic mass is 16.4. The number of carboxylic acid groups (broad SMARTS) is 1. The maximum atomic E-state index is 10.9. The molecule has 0 spiro atoms. The number of hydrogen-bond acceptors (Lipinski definition) is 2. The zero-order valence-electron chi connectivity index (χ0n) is 9.68. The van der Waals surface area contributed by atoms with Crippen LogP contribution in [0.1, 0.15) is 46.0 Å². The van der Waals surface area contributed by atoms with Crippen LogP contribution < -0.4 is 5.73 Å². The van der Waals surface area contributed by atoms with Crippen LogP contribution in [0, 0.1) is 16.2 Å². The molecule has 2 fully saturated rings. The summed E-state index contributed by atoms with van der Waals surface area (Å²) in [5.41, 5.74) is 6.39. The molecule has 0 aliphatic heterocycles. The minimum atomic E-state index is -0.700. The molecule has 2 saturated carbocycles. The van der Waals surface area contributed by atoms with E-state index in [-0.39, 0.29) is 11.8 Å². The number of aliphatic carboxylic acids is 1. The van der Waals surface area contributed by atoms with Gasteiger partial charge < -0.3 is 10.8 Å². The fourth-order valence-corrected chi connectivity index (χ4v) is 3.96. The lowest BCUT2D eigenvalue weighted by Crippen LogP contribution is -2.42. The predicted octanol–water partition coefficient (Wildman–Crippen LogP) is 2.01. The summed E-state index contributed by atoms with van der Waals surface area (Å²) in [6.07, 6.45) is 4.73. The molecule has 0 amide bonds. The molecule has 3 atom stereocenters. The minimum absolute atomic E-state index is 0.133. The number of carboxylic acids is 1. The molecule has 0 saturated heterocycles. The van der Waals surface area contributed by atoms with Gasteiger partial charge in [-0.3, -0.25) is 4.79 Å². The monoisotopic (exact) mass is 211 g/mol. The van der Waals surface area contributed by atoms with Crippen LogP contribution in [0.4, 0.5) is 0 Å². The molecule has 86 valence electrons.